The maximum atomic E-state index is 9.82. The summed E-state index contributed by atoms with van der Waals surface area (Å²) in [7, 11) is 1.00. The molecule has 0 heterocycles. The lowest BCUT2D eigenvalue weighted by Gasteiger charge is -1.17. The molecule has 0 radical (unpaired) electrons. The van der Waals surface area contributed by atoms with Gasteiger partial charge in [0.15, 0.2) is 0 Å². The summed E-state index contributed by atoms with van der Waals surface area (Å²) >= 11 is 0. The zero-order valence-electron chi connectivity index (χ0n) is 5.67. The molecule has 0 spiro atoms. The van der Waals surface area contributed by atoms with Crippen LogP contribution in [0.1, 0.15) is 44.6 Å². The van der Waals surface area contributed by atoms with Crippen LogP contribution in [0.3, 0.4) is 0 Å². The van der Waals surface area contributed by atoms with E-state index in [1.54, 1.807) is 0 Å². The fourth-order valence-electron chi connectivity index (χ4n) is 0. The minimum atomic E-state index is 0. The van der Waals surface area contributed by atoms with Crippen LogP contribution in [0.4, 0.5) is 17.6 Å². The zero-order valence-corrected chi connectivity index (χ0v) is 5.67. The molecule has 0 amide bonds. The third kappa shape index (κ3) is 1340. The highest BCUT2D eigenvalue weighted by molar-refractivity contribution is 4.63. The predicted octanol–water partition coefficient (Wildman–Crippen LogP) is 6.08. The molecule has 0 atom stereocenters. The number of alkyl halides is 2. The molecule has 0 aliphatic carbocycles. The number of terminal acetylenes is 2. The first-order valence-corrected chi connectivity index (χ1v) is 1.71. The molecule has 0 N–H and O–H groups in total. The van der Waals surface area contributed by atoms with Crippen molar-refractivity contribution in [2.75, 3.05) is 14.4 Å². The van der Waals surface area contributed by atoms with E-state index in [1.807, 2.05) is 0 Å². The summed E-state index contributed by atoms with van der Waals surface area (Å²) in [5.41, 5.74) is 0. The molecule has 0 aliphatic rings. The van der Waals surface area contributed by atoms with Gasteiger partial charge in [-0.15, -0.1) is 8.78 Å². The van der Waals surface area contributed by atoms with Gasteiger partial charge in [0.05, 0.1) is 14.4 Å². The highest BCUT2D eigenvalue weighted by Crippen LogP contribution is 1.34. The van der Waals surface area contributed by atoms with Crippen molar-refractivity contribution in [3.63, 3.8) is 0 Å². The van der Waals surface area contributed by atoms with Gasteiger partial charge in [0, 0.05) is 0 Å². The maximum absolute atomic E-state index is 9.82. The minimum absolute atomic E-state index is 0. The van der Waals surface area contributed by atoms with Gasteiger partial charge >= 0.3 is 0 Å². The van der Waals surface area contributed by atoms with Crippen molar-refractivity contribution in [3.8, 4) is 25.2 Å². The standard InChI is InChI=1S/2C2HF.2CH3F.6CH4/c2*1-2-3;2*1-2;;;;;;/h2*1H;2*1H3;6*1H4. The minimum Gasteiger partial charge on any atom is -0.255 e. The molecule has 108 valence electrons. The van der Waals surface area contributed by atoms with Gasteiger partial charge in [-0.2, -0.15) is 0 Å². The van der Waals surface area contributed by atoms with E-state index in [9.17, 15) is 17.6 Å². The summed E-state index contributed by atoms with van der Waals surface area (Å²) in [5.74, 6) is 0. The van der Waals surface area contributed by atoms with Crippen LogP contribution in [0.25, 0.3) is 0 Å². The highest BCUT2D eigenvalue weighted by atomic mass is 19.1. The van der Waals surface area contributed by atoms with Gasteiger partial charge in [-0.25, -0.2) is 0 Å². The largest absolute Gasteiger partial charge is 0.255 e. The summed E-state index contributed by atoms with van der Waals surface area (Å²) in [6, 6.07) is 0. The van der Waals surface area contributed by atoms with Crippen LogP contribution in [-0.4, -0.2) is 14.4 Å². The fourth-order valence-corrected chi connectivity index (χ4v) is 0. The quantitative estimate of drug-likeness (QED) is 0.362. The molecule has 0 nitrogen and oxygen atoms in total. The topological polar surface area (TPSA) is 0 Å². The molecule has 16 heavy (non-hydrogen) atoms. The monoisotopic (exact) mass is 252 g/mol. The SMILES string of the molecule is C.C.C.C.C.C.C#CF.C#CF.CF.CF. The van der Waals surface area contributed by atoms with Crippen molar-refractivity contribution in [1.29, 1.82) is 0 Å². The van der Waals surface area contributed by atoms with Crippen molar-refractivity contribution < 1.29 is 17.6 Å². The van der Waals surface area contributed by atoms with Gasteiger partial charge in [0.1, 0.15) is 12.3 Å². The van der Waals surface area contributed by atoms with Crippen LogP contribution in [0, 0.1) is 25.2 Å². The van der Waals surface area contributed by atoms with Crippen molar-refractivity contribution in [3.05, 3.63) is 0 Å². The highest BCUT2D eigenvalue weighted by Gasteiger charge is 1.15. The molecule has 0 aromatic heterocycles. The average molecular weight is 252 g/mol. The number of rotatable bonds is 0. The Kier molecular flexibility index (Phi) is 24500. The lowest BCUT2D eigenvalue weighted by atomic mass is 11.4. The first-order valence-electron chi connectivity index (χ1n) is 1.71. The third-order valence-electron chi connectivity index (χ3n) is 0. The maximum Gasteiger partial charge on any atom is 0.102 e. The lowest BCUT2D eigenvalue weighted by Crippen LogP contribution is -1.02. The Morgan fingerprint density at radius 2 is 0.562 bits per heavy atom. The molecule has 0 fully saturated rings. The average Bonchev–Trinajstić information content (AvgIpc) is 1.99. The first-order chi connectivity index (χ1) is 4.83. The van der Waals surface area contributed by atoms with E-state index in [2.05, 4.69) is 12.8 Å². The van der Waals surface area contributed by atoms with Crippen LogP contribution in [-0.2, 0) is 0 Å². The fraction of sp³-hybridized carbons (Fsp3) is 0.667. The molecule has 0 aromatic rings. The van der Waals surface area contributed by atoms with Crippen molar-refractivity contribution in [1.82, 2.24) is 0 Å². The van der Waals surface area contributed by atoms with Gasteiger partial charge in [0.2, 0.25) is 0 Å². The van der Waals surface area contributed by atoms with Gasteiger partial charge in [-0.1, -0.05) is 57.4 Å². The molecule has 0 unspecified atom stereocenters. The first kappa shape index (κ1) is 121. The number of hydrogen-bond donors (Lipinski definition) is 0. The summed E-state index contributed by atoms with van der Waals surface area (Å²) in [5, 5.41) is 0. The molecular formula is C12H32F4. The van der Waals surface area contributed by atoms with Crippen molar-refractivity contribution >= 4 is 0 Å². The van der Waals surface area contributed by atoms with Crippen LogP contribution in [0.2, 0.25) is 0 Å². The van der Waals surface area contributed by atoms with Gasteiger partial charge in [-0.3, -0.25) is 8.78 Å². The van der Waals surface area contributed by atoms with Crippen LogP contribution < -0.4 is 0 Å². The van der Waals surface area contributed by atoms with E-state index in [4.69, 9.17) is 0 Å². The van der Waals surface area contributed by atoms with E-state index in [1.165, 1.54) is 0 Å². The predicted molar refractivity (Wildman–Crippen MR) is 74.3 cm³/mol. The Balaban J connectivity index is -0.00000000338. The Labute approximate surface area is 102 Å². The van der Waals surface area contributed by atoms with Crippen LogP contribution in [0.5, 0.6) is 0 Å². The molecule has 4 heteroatoms. The number of halogens is 4. The molecule has 0 rings (SSSR count). The normalized spacial score (nSPS) is 1.75. The summed E-state index contributed by atoms with van der Waals surface area (Å²) in [6.07, 6.45) is 9.36. The Bertz CT molecular complexity index is 68.0. The summed E-state index contributed by atoms with van der Waals surface area (Å²) < 4.78 is 38.6. The molecule has 0 aliphatic heterocycles. The van der Waals surface area contributed by atoms with Crippen LogP contribution in [0.15, 0.2) is 0 Å². The smallest absolute Gasteiger partial charge is 0.102 e. The Morgan fingerprint density at radius 3 is 0.562 bits per heavy atom. The second-order valence-electron chi connectivity index (χ2n) is 0.218. The molecule has 0 aromatic carbocycles. The third-order valence-corrected chi connectivity index (χ3v) is 0. The zero-order chi connectivity index (χ0) is 9.41. The van der Waals surface area contributed by atoms with Crippen molar-refractivity contribution in [2.24, 2.45) is 0 Å². The molecule has 0 saturated carbocycles. The van der Waals surface area contributed by atoms with E-state index in [0.29, 0.717) is 14.4 Å². The van der Waals surface area contributed by atoms with Gasteiger partial charge in [-0.05, 0) is 0 Å². The molecule has 0 bridgehead atoms. The van der Waals surface area contributed by atoms with E-state index < -0.39 is 0 Å². The van der Waals surface area contributed by atoms with Gasteiger partial charge in [0.25, 0.3) is 0 Å². The van der Waals surface area contributed by atoms with Gasteiger partial charge < -0.3 is 0 Å². The molecule has 0 saturated heterocycles. The second kappa shape index (κ2) is 3230. The van der Waals surface area contributed by atoms with Crippen molar-refractivity contribution in [2.45, 2.75) is 44.6 Å². The molecular weight excluding hydrogens is 220 g/mol. The summed E-state index contributed by atoms with van der Waals surface area (Å²) in [6.45, 7) is 0. The Hall–Kier alpha value is -1.16. The Morgan fingerprint density at radius 1 is 0.562 bits per heavy atom. The number of hydrogen-bond acceptors (Lipinski definition) is 0. The van der Waals surface area contributed by atoms with E-state index in [-0.39, 0.29) is 44.6 Å². The summed E-state index contributed by atoms with van der Waals surface area (Å²) in [4.78, 5) is 0. The lowest BCUT2D eigenvalue weighted by molar-refractivity contribution is 0.635. The van der Waals surface area contributed by atoms with E-state index >= 15 is 0 Å². The second-order valence-corrected chi connectivity index (χ2v) is 0.218. The van der Waals surface area contributed by atoms with Crippen LogP contribution >= 0.6 is 0 Å². The van der Waals surface area contributed by atoms with E-state index in [0.717, 1.165) is 12.3 Å².